The Labute approximate surface area is 175 Å². The van der Waals surface area contributed by atoms with Crippen LogP contribution in [0.5, 0.6) is 0 Å². The van der Waals surface area contributed by atoms with Gasteiger partial charge in [0.15, 0.2) is 10.3 Å². The van der Waals surface area contributed by atoms with Gasteiger partial charge < -0.3 is 9.47 Å². The molecule has 0 aliphatic carbocycles. The number of rotatable bonds is 7. The van der Waals surface area contributed by atoms with Crippen molar-refractivity contribution < 1.29 is 4.79 Å². The smallest absolute Gasteiger partial charge is 0.233 e. The Morgan fingerprint density at radius 2 is 1.93 bits per heavy atom. The summed E-state index contributed by atoms with van der Waals surface area (Å²) in [4.78, 5) is 23.5. The second-order valence-electron chi connectivity index (χ2n) is 7.09. The summed E-state index contributed by atoms with van der Waals surface area (Å²) in [6.45, 7) is 9.81. The number of carbonyl (C=O) groups is 1. The zero-order chi connectivity index (χ0) is 20.1. The minimum atomic E-state index is 0.197. The molecule has 1 atom stereocenters. The van der Waals surface area contributed by atoms with Gasteiger partial charge in [-0.25, -0.2) is 9.97 Å². The van der Waals surface area contributed by atoms with Crippen molar-refractivity contribution in [3.8, 4) is 0 Å². The average Bonchev–Trinajstić information content (AvgIpc) is 3.06. The number of aromatic nitrogens is 5. The average molecular weight is 421 g/mol. The van der Waals surface area contributed by atoms with Crippen molar-refractivity contribution in [3.05, 3.63) is 23.3 Å². The molecule has 0 radical (unpaired) electrons. The summed E-state index contributed by atoms with van der Waals surface area (Å²) < 4.78 is 2.08. The second kappa shape index (κ2) is 9.73. The molecule has 0 N–H and O–H groups in total. The van der Waals surface area contributed by atoms with Crippen molar-refractivity contribution in [1.29, 1.82) is 0 Å². The predicted molar refractivity (Wildman–Crippen MR) is 113 cm³/mol. The third-order valence-electron chi connectivity index (χ3n) is 4.85. The molecule has 9 heteroatoms. The number of hydrogen-bond acceptors (Lipinski definition) is 7. The molecule has 7 nitrogen and oxygen atoms in total. The maximum Gasteiger partial charge on any atom is 0.233 e. The summed E-state index contributed by atoms with van der Waals surface area (Å²) in [5, 5.41) is 10.2. The van der Waals surface area contributed by atoms with Crippen LogP contribution in [-0.4, -0.2) is 53.9 Å². The van der Waals surface area contributed by atoms with E-state index in [0.29, 0.717) is 17.5 Å². The molecule has 3 heterocycles. The number of aryl methyl sites for hydroxylation is 2. The van der Waals surface area contributed by atoms with Crippen LogP contribution in [0.15, 0.2) is 16.4 Å². The molecule has 28 heavy (non-hydrogen) atoms. The topological polar surface area (TPSA) is 76.8 Å². The van der Waals surface area contributed by atoms with Crippen molar-refractivity contribution in [1.82, 2.24) is 29.6 Å². The molecule has 1 saturated heterocycles. The van der Waals surface area contributed by atoms with E-state index in [4.69, 9.17) is 0 Å². The van der Waals surface area contributed by atoms with E-state index in [1.165, 1.54) is 18.2 Å². The van der Waals surface area contributed by atoms with Crippen LogP contribution < -0.4 is 0 Å². The number of carbonyl (C=O) groups excluding carboxylic acids is 1. The Morgan fingerprint density at radius 1 is 1.18 bits per heavy atom. The first kappa shape index (κ1) is 21.1. The summed E-state index contributed by atoms with van der Waals surface area (Å²) in [5.41, 5.74) is 1.93. The number of thioether (sulfide) groups is 2. The monoisotopic (exact) mass is 420 g/mol. The lowest BCUT2D eigenvalue weighted by molar-refractivity contribution is -0.131. The summed E-state index contributed by atoms with van der Waals surface area (Å²) in [7, 11) is 0. The molecule has 0 unspecified atom stereocenters. The summed E-state index contributed by atoms with van der Waals surface area (Å²) >= 11 is 3.04. The van der Waals surface area contributed by atoms with Crippen molar-refractivity contribution in [2.75, 3.05) is 12.3 Å². The quantitative estimate of drug-likeness (QED) is 0.501. The van der Waals surface area contributed by atoms with Gasteiger partial charge in [0.1, 0.15) is 5.82 Å². The lowest BCUT2D eigenvalue weighted by Crippen LogP contribution is -2.43. The highest BCUT2D eigenvalue weighted by atomic mass is 32.2. The highest BCUT2D eigenvalue weighted by Crippen LogP contribution is 2.24. The first-order valence-corrected chi connectivity index (χ1v) is 11.7. The molecular formula is C19H28N6OS2. The van der Waals surface area contributed by atoms with E-state index >= 15 is 0 Å². The van der Waals surface area contributed by atoms with Crippen LogP contribution >= 0.6 is 23.5 Å². The van der Waals surface area contributed by atoms with Crippen LogP contribution in [0, 0.1) is 13.8 Å². The van der Waals surface area contributed by atoms with Crippen molar-refractivity contribution in [2.24, 2.45) is 0 Å². The van der Waals surface area contributed by atoms with Gasteiger partial charge in [0, 0.05) is 30.5 Å². The normalized spacial score (nSPS) is 17.1. The summed E-state index contributed by atoms with van der Waals surface area (Å²) in [6, 6.07) is 2.31. The summed E-state index contributed by atoms with van der Waals surface area (Å²) in [6.07, 6.45) is 3.42. The largest absolute Gasteiger partial charge is 0.339 e. The molecule has 0 bridgehead atoms. The number of amides is 1. The van der Waals surface area contributed by atoms with Gasteiger partial charge in [0.25, 0.3) is 0 Å². The van der Waals surface area contributed by atoms with Gasteiger partial charge in [0.2, 0.25) is 5.91 Å². The molecule has 1 amide bonds. The molecule has 1 aliphatic heterocycles. The van der Waals surface area contributed by atoms with Crippen LogP contribution in [0.1, 0.15) is 50.3 Å². The van der Waals surface area contributed by atoms with Gasteiger partial charge >= 0.3 is 0 Å². The Hall–Kier alpha value is -1.61. The molecule has 2 aromatic rings. The fraction of sp³-hybridized carbons (Fsp3) is 0.632. The molecule has 2 aromatic heterocycles. The van der Waals surface area contributed by atoms with Crippen LogP contribution in [0.2, 0.25) is 0 Å². The van der Waals surface area contributed by atoms with Crippen molar-refractivity contribution in [2.45, 2.75) is 75.6 Å². The third-order valence-corrected chi connectivity index (χ3v) is 6.64. The predicted octanol–water partition coefficient (Wildman–Crippen LogP) is 3.49. The van der Waals surface area contributed by atoms with Crippen LogP contribution in [0.25, 0.3) is 0 Å². The van der Waals surface area contributed by atoms with E-state index in [0.717, 1.165) is 53.5 Å². The Balaban J connectivity index is 1.60. The standard InChI is InChI=1S/C19H28N6OS2/c1-5-24-16(11-27-18-20-13(2)10-14(3)21-18)22-23-19(24)28-12-17(26)25-9-7-6-8-15(25)4/h10,15H,5-9,11-12H2,1-4H3/t15-/m1/s1. The number of piperidine rings is 1. The highest BCUT2D eigenvalue weighted by molar-refractivity contribution is 7.99. The first-order valence-electron chi connectivity index (χ1n) is 9.77. The maximum atomic E-state index is 12.6. The van der Waals surface area contributed by atoms with Gasteiger partial charge in [-0.2, -0.15) is 0 Å². The van der Waals surface area contributed by atoms with Gasteiger partial charge in [-0.1, -0.05) is 23.5 Å². The Morgan fingerprint density at radius 3 is 2.61 bits per heavy atom. The number of nitrogens with zero attached hydrogens (tertiary/aromatic N) is 6. The fourth-order valence-corrected chi connectivity index (χ4v) is 5.21. The van der Waals surface area contributed by atoms with Crippen LogP contribution in [0.3, 0.4) is 0 Å². The molecule has 0 saturated carbocycles. The van der Waals surface area contributed by atoms with Gasteiger partial charge in [-0.05, 0) is 53.0 Å². The van der Waals surface area contributed by atoms with E-state index in [9.17, 15) is 4.79 Å². The number of hydrogen-bond donors (Lipinski definition) is 0. The van der Waals surface area contributed by atoms with Crippen molar-refractivity contribution >= 4 is 29.4 Å². The van der Waals surface area contributed by atoms with Crippen LogP contribution in [0.4, 0.5) is 0 Å². The van der Waals surface area contributed by atoms with Crippen molar-refractivity contribution in [3.63, 3.8) is 0 Å². The van der Waals surface area contributed by atoms with E-state index in [1.807, 2.05) is 24.8 Å². The SMILES string of the molecule is CCn1c(CSc2nc(C)cc(C)n2)nnc1SCC(=O)N1CCCC[C@H]1C. The number of likely N-dealkylation sites (tertiary alicyclic amines) is 1. The van der Waals surface area contributed by atoms with Gasteiger partial charge in [-0.15, -0.1) is 10.2 Å². The lowest BCUT2D eigenvalue weighted by atomic mass is 10.0. The minimum absolute atomic E-state index is 0.197. The molecule has 1 aliphatic rings. The molecule has 152 valence electrons. The lowest BCUT2D eigenvalue weighted by Gasteiger charge is -2.33. The van der Waals surface area contributed by atoms with E-state index in [2.05, 4.69) is 38.6 Å². The highest BCUT2D eigenvalue weighted by Gasteiger charge is 2.24. The zero-order valence-corrected chi connectivity index (χ0v) is 18.6. The summed E-state index contributed by atoms with van der Waals surface area (Å²) in [5.74, 6) is 2.15. The fourth-order valence-electron chi connectivity index (χ4n) is 3.42. The molecule has 3 rings (SSSR count). The van der Waals surface area contributed by atoms with E-state index < -0.39 is 0 Å². The minimum Gasteiger partial charge on any atom is -0.339 e. The van der Waals surface area contributed by atoms with Gasteiger partial charge in [0.05, 0.1) is 11.5 Å². The zero-order valence-electron chi connectivity index (χ0n) is 17.0. The molecule has 0 spiro atoms. The maximum absolute atomic E-state index is 12.6. The second-order valence-corrected chi connectivity index (χ2v) is 8.97. The van der Waals surface area contributed by atoms with Gasteiger partial charge in [-0.3, -0.25) is 4.79 Å². The third kappa shape index (κ3) is 5.26. The molecular weight excluding hydrogens is 392 g/mol. The van der Waals surface area contributed by atoms with Crippen LogP contribution in [-0.2, 0) is 17.1 Å². The van der Waals surface area contributed by atoms with E-state index in [1.54, 1.807) is 11.8 Å². The molecule has 0 aromatic carbocycles. The Kier molecular flexibility index (Phi) is 7.34. The Bertz CT molecular complexity index is 805. The molecule has 1 fully saturated rings. The first-order chi connectivity index (χ1) is 13.5. The van der Waals surface area contributed by atoms with E-state index in [-0.39, 0.29) is 5.91 Å².